The fourth-order valence-electron chi connectivity index (χ4n) is 1.38. The highest BCUT2D eigenvalue weighted by molar-refractivity contribution is 5.18. The van der Waals surface area contributed by atoms with Crippen LogP contribution in [0.5, 0.6) is 0 Å². The molecule has 0 unspecified atom stereocenters. The standard InChI is InChI=1S/C10H12O2/c1-8-11-7-10(12-8)9-5-3-2-4-6-9/h2-6,8,10H,7H2,1H3/t8-,10-/m1/s1. The van der Waals surface area contributed by atoms with E-state index < -0.39 is 0 Å². The van der Waals surface area contributed by atoms with Gasteiger partial charge in [0.2, 0.25) is 0 Å². The van der Waals surface area contributed by atoms with Gasteiger partial charge in [0.1, 0.15) is 6.10 Å². The molecular weight excluding hydrogens is 152 g/mol. The van der Waals surface area contributed by atoms with E-state index in [1.165, 1.54) is 5.56 Å². The molecule has 1 aromatic carbocycles. The van der Waals surface area contributed by atoms with Gasteiger partial charge in [-0.05, 0) is 12.5 Å². The van der Waals surface area contributed by atoms with Crippen LogP contribution in [0.2, 0.25) is 0 Å². The molecule has 0 bridgehead atoms. The number of hydrogen-bond donors (Lipinski definition) is 0. The van der Waals surface area contributed by atoms with Gasteiger partial charge in [0.05, 0.1) is 6.61 Å². The molecule has 12 heavy (non-hydrogen) atoms. The normalized spacial score (nSPS) is 29.1. The second-order valence-electron chi connectivity index (χ2n) is 2.94. The van der Waals surface area contributed by atoms with Gasteiger partial charge in [0.15, 0.2) is 6.29 Å². The molecule has 0 saturated carbocycles. The van der Waals surface area contributed by atoms with Crippen molar-refractivity contribution in [2.45, 2.75) is 19.3 Å². The largest absolute Gasteiger partial charge is 0.350 e. The summed E-state index contributed by atoms with van der Waals surface area (Å²) in [5.41, 5.74) is 1.20. The van der Waals surface area contributed by atoms with Gasteiger partial charge in [-0.15, -0.1) is 0 Å². The zero-order chi connectivity index (χ0) is 8.39. The van der Waals surface area contributed by atoms with E-state index in [4.69, 9.17) is 9.47 Å². The van der Waals surface area contributed by atoms with E-state index in [1.807, 2.05) is 25.1 Å². The highest BCUT2D eigenvalue weighted by atomic mass is 16.7. The van der Waals surface area contributed by atoms with Crippen molar-refractivity contribution < 1.29 is 9.47 Å². The highest BCUT2D eigenvalue weighted by Gasteiger charge is 2.23. The van der Waals surface area contributed by atoms with Crippen LogP contribution in [0.15, 0.2) is 30.3 Å². The summed E-state index contributed by atoms with van der Waals surface area (Å²) in [6.45, 7) is 2.59. The summed E-state index contributed by atoms with van der Waals surface area (Å²) >= 11 is 0. The quantitative estimate of drug-likeness (QED) is 0.633. The molecule has 0 N–H and O–H groups in total. The van der Waals surface area contributed by atoms with Crippen molar-refractivity contribution in [3.63, 3.8) is 0 Å². The maximum absolute atomic E-state index is 5.53. The Balaban J connectivity index is 2.11. The minimum absolute atomic E-state index is 0.0600. The molecule has 1 fully saturated rings. The molecule has 1 aliphatic heterocycles. The van der Waals surface area contributed by atoms with Crippen molar-refractivity contribution in [3.8, 4) is 0 Å². The Hall–Kier alpha value is -0.860. The molecule has 2 rings (SSSR count). The zero-order valence-electron chi connectivity index (χ0n) is 7.07. The molecule has 0 amide bonds. The first-order valence-electron chi connectivity index (χ1n) is 4.18. The average Bonchev–Trinajstić information content (AvgIpc) is 2.54. The van der Waals surface area contributed by atoms with Crippen LogP contribution in [-0.4, -0.2) is 12.9 Å². The van der Waals surface area contributed by atoms with Crippen molar-refractivity contribution in [2.24, 2.45) is 0 Å². The lowest BCUT2D eigenvalue weighted by molar-refractivity contribution is -0.0426. The minimum Gasteiger partial charge on any atom is -0.350 e. The topological polar surface area (TPSA) is 18.5 Å². The van der Waals surface area contributed by atoms with Gasteiger partial charge in [-0.2, -0.15) is 0 Å². The second kappa shape index (κ2) is 3.25. The summed E-state index contributed by atoms with van der Waals surface area (Å²) in [7, 11) is 0. The fourth-order valence-corrected chi connectivity index (χ4v) is 1.38. The molecule has 2 atom stereocenters. The molecule has 0 aliphatic carbocycles. The Morgan fingerprint density at radius 2 is 2.00 bits per heavy atom. The van der Waals surface area contributed by atoms with E-state index in [1.54, 1.807) is 0 Å². The Bertz CT molecular complexity index is 245. The molecule has 64 valence electrons. The average molecular weight is 164 g/mol. The van der Waals surface area contributed by atoms with E-state index >= 15 is 0 Å². The van der Waals surface area contributed by atoms with Crippen LogP contribution < -0.4 is 0 Å². The van der Waals surface area contributed by atoms with Gasteiger partial charge >= 0.3 is 0 Å². The summed E-state index contributed by atoms with van der Waals surface area (Å²) in [4.78, 5) is 0. The van der Waals surface area contributed by atoms with Crippen LogP contribution in [0.4, 0.5) is 0 Å². The monoisotopic (exact) mass is 164 g/mol. The van der Waals surface area contributed by atoms with Crippen molar-refractivity contribution in [3.05, 3.63) is 35.9 Å². The van der Waals surface area contributed by atoms with Crippen LogP contribution in [0, 0.1) is 0 Å². The molecular formula is C10H12O2. The molecule has 0 aromatic heterocycles. The van der Waals surface area contributed by atoms with E-state index in [9.17, 15) is 0 Å². The van der Waals surface area contributed by atoms with Gasteiger partial charge in [-0.1, -0.05) is 30.3 Å². The first-order chi connectivity index (χ1) is 5.86. The van der Waals surface area contributed by atoms with Crippen molar-refractivity contribution >= 4 is 0 Å². The van der Waals surface area contributed by atoms with Crippen LogP contribution >= 0.6 is 0 Å². The van der Waals surface area contributed by atoms with Crippen LogP contribution in [0.1, 0.15) is 18.6 Å². The third-order valence-electron chi connectivity index (χ3n) is 2.01. The number of rotatable bonds is 1. The SMILES string of the molecule is C[C@@H]1OC[C@H](c2ccccc2)O1. The summed E-state index contributed by atoms with van der Waals surface area (Å²) < 4.78 is 10.8. The van der Waals surface area contributed by atoms with Crippen molar-refractivity contribution in [1.29, 1.82) is 0 Å². The lowest BCUT2D eigenvalue weighted by Gasteiger charge is -2.07. The predicted molar refractivity (Wildman–Crippen MR) is 45.7 cm³/mol. The number of hydrogen-bond acceptors (Lipinski definition) is 2. The highest BCUT2D eigenvalue weighted by Crippen LogP contribution is 2.25. The van der Waals surface area contributed by atoms with Gasteiger partial charge in [-0.25, -0.2) is 0 Å². The first-order valence-corrected chi connectivity index (χ1v) is 4.18. The van der Waals surface area contributed by atoms with Crippen molar-refractivity contribution in [2.75, 3.05) is 6.61 Å². The number of ether oxygens (including phenoxy) is 2. The summed E-state index contributed by atoms with van der Waals surface area (Å²) in [5.74, 6) is 0. The maximum atomic E-state index is 5.53. The Labute approximate surface area is 72.1 Å². The van der Waals surface area contributed by atoms with Gasteiger partial charge in [0.25, 0.3) is 0 Å². The lowest BCUT2D eigenvalue weighted by atomic mass is 10.1. The van der Waals surface area contributed by atoms with Crippen LogP contribution in [0.25, 0.3) is 0 Å². The molecule has 2 heteroatoms. The van der Waals surface area contributed by atoms with Gasteiger partial charge in [-0.3, -0.25) is 0 Å². The molecule has 0 radical (unpaired) electrons. The second-order valence-corrected chi connectivity index (χ2v) is 2.94. The molecule has 1 aliphatic rings. The summed E-state index contributed by atoms with van der Waals surface area (Å²) in [5, 5.41) is 0. The van der Waals surface area contributed by atoms with Crippen LogP contribution in [0.3, 0.4) is 0 Å². The predicted octanol–water partition coefficient (Wildman–Crippen LogP) is 2.12. The van der Waals surface area contributed by atoms with E-state index in [0.717, 1.165) is 0 Å². The Morgan fingerprint density at radius 3 is 2.58 bits per heavy atom. The lowest BCUT2D eigenvalue weighted by Crippen LogP contribution is -2.01. The molecule has 1 heterocycles. The van der Waals surface area contributed by atoms with E-state index in [2.05, 4.69) is 12.1 Å². The molecule has 1 aromatic rings. The maximum Gasteiger partial charge on any atom is 0.155 e. The van der Waals surface area contributed by atoms with Gasteiger partial charge < -0.3 is 9.47 Å². The Morgan fingerprint density at radius 1 is 1.25 bits per heavy atom. The van der Waals surface area contributed by atoms with Gasteiger partial charge in [0, 0.05) is 0 Å². The Kier molecular flexibility index (Phi) is 2.11. The first kappa shape index (κ1) is 7.77. The van der Waals surface area contributed by atoms with Crippen LogP contribution in [-0.2, 0) is 9.47 Å². The molecule has 1 saturated heterocycles. The fraction of sp³-hybridized carbons (Fsp3) is 0.400. The number of benzene rings is 1. The molecule has 0 spiro atoms. The van der Waals surface area contributed by atoms with E-state index in [-0.39, 0.29) is 12.4 Å². The van der Waals surface area contributed by atoms with Crippen molar-refractivity contribution in [1.82, 2.24) is 0 Å². The minimum atomic E-state index is -0.0600. The smallest absolute Gasteiger partial charge is 0.155 e. The summed E-state index contributed by atoms with van der Waals surface area (Å²) in [6.07, 6.45) is 0.0661. The molecule has 2 nitrogen and oxygen atoms in total. The summed E-state index contributed by atoms with van der Waals surface area (Å²) in [6, 6.07) is 10.2. The third kappa shape index (κ3) is 1.49. The van der Waals surface area contributed by atoms with E-state index in [0.29, 0.717) is 6.61 Å². The third-order valence-corrected chi connectivity index (χ3v) is 2.01. The zero-order valence-corrected chi connectivity index (χ0v) is 7.07.